The molecule has 0 atom stereocenters. The normalized spacial score (nSPS) is 11.7. The maximum atomic E-state index is 12.3. The number of hydrogen-bond acceptors (Lipinski definition) is 6. The summed E-state index contributed by atoms with van der Waals surface area (Å²) in [6.45, 7) is -2.87. The molecule has 3 amide bonds. The van der Waals surface area contributed by atoms with Crippen LogP contribution in [-0.4, -0.2) is 52.2 Å². The van der Waals surface area contributed by atoms with Crippen LogP contribution in [-0.2, 0) is 24.3 Å². The average molecular weight is 461 g/mol. The molecule has 0 unspecified atom stereocenters. The van der Waals surface area contributed by atoms with Crippen molar-refractivity contribution in [2.45, 2.75) is 17.5 Å². The zero-order chi connectivity index (χ0) is 23.1. The molecule has 0 aliphatic rings. The van der Waals surface area contributed by atoms with Gasteiger partial charge in [-0.1, -0.05) is 30.3 Å². The highest BCUT2D eigenvalue weighted by Crippen LogP contribution is 2.18. The van der Waals surface area contributed by atoms with Gasteiger partial charge in [0.25, 0.3) is 5.91 Å². The molecule has 0 aliphatic heterocycles. The zero-order valence-electron chi connectivity index (χ0n) is 15.9. The third-order valence-corrected chi connectivity index (χ3v) is 5.18. The van der Waals surface area contributed by atoms with E-state index in [9.17, 15) is 36.0 Å². The Kier molecular flexibility index (Phi) is 7.94. The number of rotatable bonds is 8. The minimum Gasteiger partial charge on any atom is -0.456 e. The summed E-state index contributed by atoms with van der Waals surface area (Å²) in [5, 5.41) is 4.53. The molecule has 0 saturated carbocycles. The van der Waals surface area contributed by atoms with Crippen LogP contribution in [0.1, 0.15) is 6.42 Å². The molecule has 0 bridgehead atoms. The number of imide groups is 1. The Morgan fingerprint density at radius 3 is 2.35 bits per heavy atom. The summed E-state index contributed by atoms with van der Waals surface area (Å²) in [5.41, 5.74) is 0. The number of esters is 1. The van der Waals surface area contributed by atoms with Crippen LogP contribution in [0.4, 0.5) is 18.0 Å². The molecule has 2 rings (SSSR count). The number of alkyl halides is 3. The highest BCUT2D eigenvalue weighted by molar-refractivity contribution is 7.89. The van der Waals surface area contributed by atoms with E-state index in [1.807, 2.05) is 12.1 Å². The third-order valence-electron chi connectivity index (χ3n) is 3.72. The monoisotopic (exact) mass is 461 g/mol. The fraction of sp³-hybridized carbons (Fsp3) is 0.278. The molecule has 2 aromatic rings. The fourth-order valence-electron chi connectivity index (χ4n) is 2.31. The van der Waals surface area contributed by atoms with Crippen molar-refractivity contribution < 1.29 is 40.7 Å². The summed E-state index contributed by atoms with van der Waals surface area (Å²) in [5.74, 6) is -2.10. The Morgan fingerprint density at radius 1 is 1.00 bits per heavy atom. The molecule has 0 fully saturated rings. The van der Waals surface area contributed by atoms with Crippen LogP contribution in [0.2, 0.25) is 0 Å². The molecule has 0 aromatic heterocycles. The minimum atomic E-state index is -4.65. The summed E-state index contributed by atoms with van der Waals surface area (Å²) in [6, 6.07) is 10.3. The molecule has 168 valence electrons. The standard InChI is InChI=1S/C18H18F3N3O6S/c19-18(20,21)11-22-17(27)24-15(25)10-30-16(26)7-8-23-31(28,29)14-6-5-12-3-1-2-4-13(12)9-14/h1-6,9,23H,7-8,10-11H2,(H2,22,24,25,27). The maximum Gasteiger partial charge on any atom is 0.405 e. The van der Waals surface area contributed by atoms with Gasteiger partial charge >= 0.3 is 18.2 Å². The van der Waals surface area contributed by atoms with Gasteiger partial charge in [-0.05, 0) is 22.9 Å². The van der Waals surface area contributed by atoms with E-state index in [0.29, 0.717) is 0 Å². The van der Waals surface area contributed by atoms with Crippen molar-refractivity contribution in [3.63, 3.8) is 0 Å². The predicted molar refractivity (Wildman–Crippen MR) is 102 cm³/mol. The van der Waals surface area contributed by atoms with Crippen molar-refractivity contribution in [3.8, 4) is 0 Å². The average Bonchev–Trinajstić information content (AvgIpc) is 2.70. The highest BCUT2D eigenvalue weighted by Gasteiger charge is 2.28. The van der Waals surface area contributed by atoms with Gasteiger partial charge in [0.2, 0.25) is 10.0 Å². The molecule has 0 saturated heterocycles. The number of carbonyl (C=O) groups is 3. The summed E-state index contributed by atoms with van der Waals surface area (Å²) < 4.78 is 67.2. The van der Waals surface area contributed by atoms with Gasteiger partial charge in [0.1, 0.15) is 6.54 Å². The number of halogens is 3. The van der Waals surface area contributed by atoms with Gasteiger partial charge < -0.3 is 10.1 Å². The van der Waals surface area contributed by atoms with Crippen molar-refractivity contribution in [1.82, 2.24) is 15.4 Å². The Morgan fingerprint density at radius 2 is 1.68 bits per heavy atom. The van der Waals surface area contributed by atoms with Gasteiger partial charge in [-0.3, -0.25) is 14.9 Å². The fourth-order valence-corrected chi connectivity index (χ4v) is 3.38. The van der Waals surface area contributed by atoms with Crippen molar-refractivity contribution in [2.75, 3.05) is 19.7 Å². The van der Waals surface area contributed by atoms with E-state index in [0.717, 1.165) is 10.8 Å². The van der Waals surface area contributed by atoms with E-state index in [1.54, 1.807) is 23.5 Å². The van der Waals surface area contributed by atoms with E-state index in [2.05, 4.69) is 9.46 Å². The SMILES string of the molecule is O=C(COC(=O)CCNS(=O)(=O)c1ccc2ccccc2c1)NC(=O)NCC(F)(F)F. The summed E-state index contributed by atoms with van der Waals surface area (Å²) in [4.78, 5) is 34.1. The maximum absolute atomic E-state index is 12.3. The molecule has 0 spiro atoms. The van der Waals surface area contributed by atoms with Crippen LogP contribution in [0, 0.1) is 0 Å². The van der Waals surface area contributed by atoms with E-state index in [1.165, 1.54) is 17.4 Å². The topological polar surface area (TPSA) is 131 Å². The molecular formula is C18H18F3N3O6S. The van der Waals surface area contributed by atoms with Gasteiger partial charge in [0.15, 0.2) is 6.61 Å². The first-order chi connectivity index (χ1) is 14.5. The lowest BCUT2D eigenvalue weighted by Crippen LogP contribution is -2.44. The number of urea groups is 1. The summed E-state index contributed by atoms with van der Waals surface area (Å²) in [7, 11) is -3.89. The Hall–Kier alpha value is -3.19. The minimum absolute atomic E-state index is 0.00353. The molecule has 13 heteroatoms. The Balaban J connectivity index is 1.74. The molecule has 0 aliphatic carbocycles. The molecule has 31 heavy (non-hydrogen) atoms. The number of sulfonamides is 1. The number of nitrogens with one attached hydrogen (secondary N) is 3. The molecule has 2 aromatic carbocycles. The van der Waals surface area contributed by atoms with E-state index in [4.69, 9.17) is 0 Å². The van der Waals surface area contributed by atoms with Gasteiger partial charge in [-0.2, -0.15) is 13.2 Å². The lowest BCUT2D eigenvalue weighted by atomic mass is 10.1. The van der Waals surface area contributed by atoms with Crippen LogP contribution in [0.25, 0.3) is 10.8 Å². The number of benzene rings is 2. The van der Waals surface area contributed by atoms with Crippen LogP contribution < -0.4 is 15.4 Å². The first kappa shape index (κ1) is 24.1. The number of carbonyl (C=O) groups excluding carboxylic acids is 3. The van der Waals surface area contributed by atoms with Crippen molar-refractivity contribution in [1.29, 1.82) is 0 Å². The largest absolute Gasteiger partial charge is 0.456 e. The number of amides is 3. The molecule has 0 radical (unpaired) electrons. The van der Waals surface area contributed by atoms with Crippen LogP contribution >= 0.6 is 0 Å². The second kappa shape index (κ2) is 10.2. The number of hydrogen-bond donors (Lipinski definition) is 3. The predicted octanol–water partition coefficient (Wildman–Crippen LogP) is 1.44. The lowest BCUT2D eigenvalue weighted by Gasteiger charge is -2.10. The molecule has 9 nitrogen and oxygen atoms in total. The molecule has 3 N–H and O–H groups in total. The van der Waals surface area contributed by atoms with Crippen molar-refractivity contribution >= 4 is 38.7 Å². The van der Waals surface area contributed by atoms with Gasteiger partial charge in [0.05, 0.1) is 11.3 Å². The first-order valence-corrected chi connectivity index (χ1v) is 10.2. The van der Waals surface area contributed by atoms with Gasteiger partial charge in [-0.25, -0.2) is 17.9 Å². The first-order valence-electron chi connectivity index (χ1n) is 8.75. The molecule has 0 heterocycles. The second-order valence-electron chi connectivity index (χ2n) is 6.16. The lowest BCUT2D eigenvalue weighted by molar-refractivity contribution is -0.148. The van der Waals surface area contributed by atoms with Gasteiger partial charge in [-0.15, -0.1) is 0 Å². The molecular weight excluding hydrogens is 443 g/mol. The quantitative estimate of drug-likeness (QED) is 0.510. The highest BCUT2D eigenvalue weighted by atomic mass is 32.2. The van der Waals surface area contributed by atoms with Crippen LogP contribution in [0.15, 0.2) is 47.4 Å². The van der Waals surface area contributed by atoms with Gasteiger partial charge in [0, 0.05) is 6.54 Å². The summed E-state index contributed by atoms with van der Waals surface area (Å²) >= 11 is 0. The smallest absolute Gasteiger partial charge is 0.405 e. The Bertz CT molecular complexity index is 1070. The Labute approximate surface area is 175 Å². The second-order valence-corrected chi connectivity index (χ2v) is 7.93. The van der Waals surface area contributed by atoms with E-state index < -0.39 is 53.7 Å². The van der Waals surface area contributed by atoms with E-state index >= 15 is 0 Å². The summed E-state index contributed by atoms with van der Waals surface area (Å²) in [6.07, 6.45) is -5.06. The number of ether oxygens (including phenoxy) is 1. The van der Waals surface area contributed by atoms with E-state index in [-0.39, 0.29) is 11.4 Å². The van der Waals surface area contributed by atoms with Crippen molar-refractivity contribution in [2.24, 2.45) is 0 Å². The zero-order valence-corrected chi connectivity index (χ0v) is 16.7. The van der Waals surface area contributed by atoms with Crippen LogP contribution in [0.3, 0.4) is 0 Å². The number of fused-ring (bicyclic) bond motifs is 1. The third kappa shape index (κ3) is 8.22. The van der Waals surface area contributed by atoms with Crippen LogP contribution in [0.5, 0.6) is 0 Å². The van der Waals surface area contributed by atoms with Crippen molar-refractivity contribution in [3.05, 3.63) is 42.5 Å².